The van der Waals surface area contributed by atoms with Crippen LogP contribution in [-0.2, 0) is 15.9 Å². The standard InChI is InChI=1S/C12H14BrFO3/c13-10-2-1-9(14)5-8(10)6-11(15)12-7-16-3-4-17-12/h1-2,5,11-12,15H,3-4,6-7H2. The van der Waals surface area contributed by atoms with Gasteiger partial charge in [0.15, 0.2) is 0 Å². The number of benzene rings is 1. The van der Waals surface area contributed by atoms with Gasteiger partial charge in [0.2, 0.25) is 0 Å². The third kappa shape index (κ3) is 3.48. The van der Waals surface area contributed by atoms with Crippen LogP contribution < -0.4 is 0 Å². The van der Waals surface area contributed by atoms with Crippen molar-refractivity contribution in [2.75, 3.05) is 19.8 Å². The highest BCUT2D eigenvalue weighted by Crippen LogP contribution is 2.21. The van der Waals surface area contributed by atoms with Gasteiger partial charge in [0, 0.05) is 10.9 Å². The minimum Gasteiger partial charge on any atom is -0.390 e. The fourth-order valence-corrected chi connectivity index (χ4v) is 2.19. The lowest BCUT2D eigenvalue weighted by Crippen LogP contribution is -2.39. The Morgan fingerprint density at radius 1 is 1.47 bits per heavy atom. The van der Waals surface area contributed by atoms with Gasteiger partial charge >= 0.3 is 0 Å². The highest BCUT2D eigenvalue weighted by molar-refractivity contribution is 9.10. The van der Waals surface area contributed by atoms with Gasteiger partial charge in [-0.25, -0.2) is 4.39 Å². The van der Waals surface area contributed by atoms with Gasteiger partial charge in [-0.1, -0.05) is 15.9 Å². The Bertz CT molecular complexity index is 380. The zero-order valence-electron chi connectivity index (χ0n) is 9.23. The molecular formula is C12H14BrFO3. The number of aliphatic hydroxyl groups is 1. The molecule has 0 aliphatic carbocycles. The molecule has 1 aliphatic rings. The number of halogens is 2. The van der Waals surface area contributed by atoms with Crippen LogP contribution in [0.15, 0.2) is 22.7 Å². The van der Waals surface area contributed by atoms with E-state index in [9.17, 15) is 9.50 Å². The molecule has 0 amide bonds. The highest BCUT2D eigenvalue weighted by Gasteiger charge is 2.24. The van der Waals surface area contributed by atoms with Crippen LogP contribution in [0.2, 0.25) is 0 Å². The average Bonchev–Trinajstić information content (AvgIpc) is 2.35. The molecular weight excluding hydrogens is 291 g/mol. The quantitative estimate of drug-likeness (QED) is 0.927. The zero-order valence-corrected chi connectivity index (χ0v) is 10.8. The predicted octanol–water partition coefficient (Wildman–Crippen LogP) is 1.91. The molecule has 1 aromatic rings. The van der Waals surface area contributed by atoms with Gasteiger partial charge in [-0.2, -0.15) is 0 Å². The summed E-state index contributed by atoms with van der Waals surface area (Å²) in [5.74, 6) is -0.309. The van der Waals surface area contributed by atoms with Crippen LogP contribution in [0, 0.1) is 5.82 Å². The van der Waals surface area contributed by atoms with Crippen LogP contribution in [0.4, 0.5) is 4.39 Å². The van der Waals surface area contributed by atoms with Crippen molar-refractivity contribution in [1.29, 1.82) is 0 Å². The summed E-state index contributed by atoms with van der Waals surface area (Å²) in [6, 6.07) is 4.42. The normalized spacial score (nSPS) is 22.4. The minimum atomic E-state index is -0.687. The Labute approximate surface area is 108 Å². The van der Waals surface area contributed by atoms with Crippen molar-refractivity contribution in [2.24, 2.45) is 0 Å². The highest BCUT2D eigenvalue weighted by atomic mass is 79.9. The van der Waals surface area contributed by atoms with Crippen LogP contribution in [0.1, 0.15) is 5.56 Å². The lowest BCUT2D eigenvalue weighted by atomic mass is 10.0. The molecule has 0 saturated carbocycles. The van der Waals surface area contributed by atoms with Gasteiger partial charge in [0.25, 0.3) is 0 Å². The summed E-state index contributed by atoms with van der Waals surface area (Å²) in [5, 5.41) is 9.99. The van der Waals surface area contributed by atoms with Crippen LogP contribution in [0.3, 0.4) is 0 Å². The molecule has 0 bridgehead atoms. The van der Waals surface area contributed by atoms with Gasteiger partial charge < -0.3 is 14.6 Å². The lowest BCUT2D eigenvalue weighted by molar-refractivity contribution is -0.131. The molecule has 94 valence electrons. The van der Waals surface area contributed by atoms with E-state index in [0.717, 1.165) is 10.0 Å². The lowest BCUT2D eigenvalue weighted by Gasteiger charge is -2.27. The molecule has 0 spiro atoms. The largest absolute Gasteiger partial charge is 0.390 e. The van der Waals surface area contributed by atoms with Crippen molar-refractivity contribution in [2.45, 2.75) is 18.6 Å². The monoisotopic (exact) mass is 304 g/mol. The van der Waals surface area contributed by atoms with Crippen molar-refractivity contribution in [3.63, 3.8) is 0 Å². The Morgan fingerprint density at radius 2 is 2.29 bits per heavy atom. The molecule has 2 atom stereocenters. The molecule has 1 heterocycles. The van der Waals surface area contributed by atoms with E-state index >= 15 is 0 Å². The average molecular weight is 305 g/mol. The number of ether oxygens (including phenoxy) is 2. The summed E-state index contributed by atoms with van der Waals surface area (Å²) in [5.41, 5.74) is 0.728. The minimum absolute atomic E-state index is 0.309. The molecule has 3 nitrogen and oxygen atoms in total. The molecule has 1 aromatic carbocycles. The van der Waals surface area contributed by atoms with Gasteiger partial charge in [-0.15, -0.1) is 0 Å². The Kier molecular flexibility index (Phi) is 4.50. The van der Waals surface area contributed by atoms with Gasteiger partial charge in [-0.3, -0.25) is 0 Å². The summed E-state index contributed by atoms with van der Waals surface area (Å²) in [6.45, 7) is 1.44. The number of hydrogen-bond acceptors (Lipinski definition) is 3. The third-order valence-corrected chi connectivity index (χ3v) is 3.48. The molecule has 1 aliphatic heterocycles. The maximum atomic E-state index is 13.1. The second kappa shape index (κ2) is 5.91. The smallest absolute Gasteiger partial charge is 0.123 e. The van der Waals surface area contributed by atoms with Crippen LogP contribution in [0.25, 0.3) is 0 Å². The van der Waals surface area contributed by atoms with E-state index in [1.807, 2.05) is 0 Å². The fourth-order valence-electron chi connectivity index (χ4n) is 1.78. The summed E-state index contributed by atoms with van der Waals surface area (Å²) >= 11 is 3.33. The van der Waals surface area contributed by atoms with Crippen molar-refractivity contribution < 1.29 is 19.0 Å². The SMILES string of the molecule is OC(Cc1cc(F)ccc1Br)C1COCCO1. The van der Waals surface area contributed by atoms with Crippen LogP contribution in [-0.4, -0.2) is 37.1 Å². The molecule has 5 heteroatoms. The molecule has 2 rings (SSSR count). The van der Waals surface area contributed by atoms with E-state index in [0.29, 0.717) is 26.2 Å². The summed E-state index contributed by atoms with van der Waals surface area (Å²) in [6.07, 6.45) is -0.681. The zero-order chi connectivity index (χ0) is 12.3. The van der Waals surface area contributed by atoms with Crippen molar-refractivity contribution >= 4 is 15.9 Å². The molecule has 0 aromatic heterocycles. The number of aliphatic hydroxyl groups excluding tert-OH is 1. The molecule has 17 heavy (non-hydrogen) atoms. The maximum Gasteiger partial charge on any atom is 0.123 e. The molecule has 2 unspecified atom stereocenters. The second-order valence-corrected chi connectivity index (χ2v) is 4.85. The molecule has 1 fully saturated rings. The summed E-state index contributed by atoms with van der Waals surface area (Å²) < 4.78 is 24.5. The van der Waals surface area contributed by atoms with Gasteiger partial charge in [-0.05, 0) is 23.8 Å². The first-order valence-electron chi connectivity index (χ1n) is 5.48. The maximum absolute atomic E-state index is 13.1. The summed E-state index contributed by atoms with van der Waals surface area (Å²) in [7, 11) is 0. The first-order chi connectivity index (χ1) is 8.16. The topological polar surface area (TPSA) is 38.7 Å². The first kappa shape index (κ1) is 13.0. The number of rotatable bonds is 3. The van der Waals surface area contributed by atoms with Crippen LogP contribution in [0.5, 0.6) is 0 Å². The van der Waals surface area contributed by atoms with Gasteiger partial charge in [0.05, 0.1) is 25.9 Å². The van der Waals surface area contributed by atoms with E-state index in [4.69, 9.17) is 9.47 Å². The number of hydrogen-bond donors (Lipinski definition) is 1. The van der Waals surface area contributed by atoms with Gasteiger partial charge in [0.1, 0.15) is 11.9 Å². The molecule has 0 radical (unpaired) electrons. The van der Waals surface area contributed by atoms with Crippen molar-refractivity contribution in [3.8, 4) is 0 Å². The Hall–Kier alpha value is -0.490. The van der Waals surface area contributed by atoms with E-state index in [-0.39, 0.29) is 11.9 Å². The van der Waals surface area contributed by atoms with Crippen molar-refractivity contribution in [3.05, 3.63) is 34.1 Å². The summed E-state index contributed by atoms with van der Waals surface area (Å²) in [4.78, 5) is 0. The molecule has 1 saturated heterocycles. The second-order valence-electron chi connectivity index (χ2n) is 3.99. The van der Waals surface area contributed by atoms with Crippen LogP contribution >= 0.6 is 15.9 Å². The Morgan fingerprint density at radius 3 is 3.00 bits per heavy atom. The van der Waals surface area contributed by atoms with E-state index in [2.05, 4.69) is 15.9 Å². The van der Waals surface area contributed by atoms with E-state index in [1.165, 1.54) is 12.1 Å². The first-order valence-corrected chi connectivity index (χ1v) is 6.27. The van der Waals surface area contributed by atoms with Crippen molar-refractivity contribution in [1.82, 2.24) is 0 Å². The predicted molar refractivity (Wildman–Crippen MR) is 64.4 cm³/mol. The van der Waals surface area contributed by atoms with E-state index in [1.54, 1.807) is 6.07 Å². The Balaban J connectivity index is 2.01. The molecule has 1 N–H and O–H groups in total. The fraction of sp³-hybridized carbons (Fsp3) is 0.500. The van der Waals surface area contributed by atoms with E-state index < -0.39 is 6.10 Å². The third-order valence-electron chi connectivity index (χ3n) is 2.71.